The van der Waals surface area contributed by atoms with Crippen molar-refractivity contribution in [2.75, 3.05) is 13.1 Å². The molecule has 1 aromatic rings. The summed E-state index contributed by atoms with van der Waals surface area (Å²) < 4.78 is 18.8. The molecule has 2 rings (SSSR count). The Balaban J connectivity index is 1.95. The number of rotatable bonds is 4. The van der Waals surface area contributed by atoms with Gasteiger partial charge in [0, 0.05) is 13.0 Å². The number of furan rings is 1. The number of hydrogen-bond acceptors (Lipinski definition) is 4. The molecule has 2 atom stereocenters. The lowest BCUT2D eigenvalue weighted by molar-refractivity contribution is -0.150. The summed E-state index contributed by atoms with van der Waals surface area (Å²) in [6, 6.07) is 2.07. The van der Waals surface area contributed by atoms with Crippen molar-refractivity contribution in [1.82, 2.24) is 10.2 Å². The number of carbonyl (C=O) groups is 3. The Kier molecular flexibility index (Phi) is 3.97. The molecule has 1 fully saturated rings. The number of hydrogen-bond donors (Lipinski definition) is 2. The molecule has 1 aliphatic heterocycles. The van der Waals surface area contributed by atoms with Gasteiger partial charge in [-0.2, -0.15) is 0 Å². The lowest BCUT2D eigenvalue weighted by Gasteiger charge is -2.22. The van der Waals surface area contributed by atoms with E-state index >= 15 is 0 Å². The van der Waals surface area contributed by atoms with Crippen molar-refractivity contribution in [2.45, 2.75) is 25.1 Å². The minimum atomic E-state index is -2.42. The van der Waals surface area contributed by atoms with Crippen molar-refractivity contribution in [2.24, 2.45) is 0 Å². The van der Waals surface area contributed by atoms with Crippen LogP contribution in [0, 0.1) is 0 Å². The molecule has 21 heavy (non-hydrogen) atoms. The van der Waals surface area contributed by atoms with Crippen molar-refractivity contribution in [3.8, 4) is 0 Å². The van der Waals surface area contributed by atoms with Crippen LogP contribution in [0.25, 0.3) is 0 Å². The van der Waals surface area contributed by atoms with Crippen LogP contribution in [-0.2, 0) is 9.59 Å². The quantitative estimate of drug-likeness (QED) is 0.839. The average molecular weight is 298 g/mol. The third-order valence-electron chi connectivity index (χ3n) is 3.38. The number of halogens is 1. The summed E-state index contributed by atoms with van der Waals surface area (Å²) in [5.74, 6) is -2.62. The fourth-order valence-electron chi connectivity index (χ4n) is 2.15. The van der Waals surface area contributed by atoms with Gasteiger partial charge < -0.3 is 19.7 Å². The summed E-state index contributed by atoms with van der Waals surface area (Å²) in [4.78, 5) is 35.7. The molecule has 0 spiro atoms. The Morgan fingerprint density at radius 1 is 1.52 bits per heavy atom. The molecule has 1 saturated heterocycles. The summed E-state index contributed by atoms with van der Waals surface area (Å²) in [6.07, 6.45) is 1.07. The van der Waals surface area contributed by atoms with Crippen LogP contribution < -0.4 is 5.32 Å². The molecule has 0 aromatic carbocycles. The highest BCUT2D eigenvalue weighted by Gasteiger charge is 2.47. The maximum absolute atomic E-state index is 13.9. The largest absolute Gasteiger partial charge is 0.479 e. The molecule has 0 bridgehead atoms. The van der Waals surface area contributed by atoms with E-state index in [4.69, 9.17) is 9.52 Å². The highest BCUT2D eigenvalue weighted by Crippen LogP contribution is 2.26. The van der Waals surface area contributed by atoms with Crippen LogP contribution >= 0.6 is 0 Å². The molecule has 2 N–H and O–H groups in total. The number of aliphatic carboxylic acids is 1. The van der Waals surface area contributed by atoms with Crippen LogP contribution in [0.1, 0.15) is 23.9 Å². The first kappa shape index (κ1) is 15.0. The van der Waals surface area contributed by atoms with E-state index in [0.717, 1.165) is 4.90 Å². The maximum Gasteiger partial charge on any atom is 0.343 e. The first-order chi connectivity index (χ1) is 9.83. The molecule has 1 aromatic heterocycles. The highest BCUT2D eigenvalue weighted by atomic mass is 19.1. The Morgan fingerprint density at radius 3 is 2.76 bits per heavy atom. The molecule has 0 saturated carbocycles. The zero-order valence-electron chi connectivity index (χ0n) is 11.3. The van der Waals surface area contributed by atoms with E-state index < -0.39 is 36.0 Å². The van der Waals surface area contributed by atoms with Crippen molar-refractivity contribution >= 4 is 17.8 Å². The normalized spacial score (nSPS) is 22.9. The van der Waals surface area contributed by atoms with E-state index in [0.29, 0.717) is 0 Å². The van der Waals surface area contributed by atoms with Gasteiger partial charge in [0.15, 0.2) is 5.76 Å². The second-order valence-electron chi connectivity index (χ2n) is 4.95. The smallest absolute Gasteiger partial charge is 0.343 e. The number of nitrogens with zero attached hydrogens (tertiary/aromatic N) is 1. The number of carboxylic acids is 1. The number of carbonyl (C=O) groups excluding carboxylic acids is 2. The van der Waals surface area contributed by atoms with Gasteiger partial charge in [-0.25, -0.2) is 9.18 Å². The monoisotopic (exact) mass is 298 g/mol. The molecular weight excluding hydrogens is 283 g/mol. The van der Waals surface area contributed by atoms with E-state index in [1.165, 1.54) is 25.3 Å². The standard InChI is InChI=1S/C13H15FN2O5/c1-8(15-10(17)9-3-2-6-21-9)11(18)16-5-4-13(14,7-16)12(19)20/h2-3,6,8H,4-5,7H2,1H3,(H,15,17)(H,19,20). The third kappa shape index (κ3) is 3.04. The molecule has 2 amide bonds. The first-order valence-electron chi connectivity index (χ1n) is 6.39. The van der Waals surface area contributed by atoms with Gasteiger partial charge in [-0.05, 0) is 19.1 Å². The molecule has 2 heterocycles. The van der Waals surface area contributed by atoms with Gasteiger partial charge in [0.25, 0.3) is 5.91 Å². The van der Waals surface area contributed by atoms with Crippen LogP contribution in [0.5, 0.6) is 0 Å². The summed E-state index contributed by atoms with van der Waals surface area (Å²) >= 11 is 0. The second-order valence-corrected chi connectivity index (χ2v) is 4.95. The van der Waals surface area contributed by atoms with E-state index in [-0.39, 0.29) is 18.7 Å². The maximum atomic E-state index is 13.9. The molecule has 114 valence electrons. The number of nitrogens with one attached hydrogen (secondary N) is 1. The third-order valence-corrected chi connectivity index (χ3v) is 3.38. The zero-order valence-corrected chi connectivity index (χ0v) is 11.3. The second kappa shape index (κ2) is 5.55. The molecule has 0 radical (unpaired) electrons. The first-order valence-corrected chi connectivity index (χ1v) is 6.39. The molecule has 1 aliphatic rings. The van der Waals surface area contributed by atoms with Gasteiger partial charge in [0.2, 0.25) is 11.6 Å². The van der Waals surface area contributed by atoms with E-state index in [1.54, 1.807) is 0 Å². The van der Waals surface area contributed by atoms with Crippen LogP contribution in [0.4, 0.5) is 4.39 Å². The van der Waals surface area contributed by atoms with Crippen molar-refractivity contribution in [3.63, 3.8) is 0 Å². The summed E-state index contributed by atoms with van der Waals surface area (Å²) in [7, 11) is 0. The van der Waals surface area contributed by atoms with E-state index in [9.17, 15) is 18.8 Å². The average Bonchev–Trinajstić information content (AvgIpc) is 3.07. The molecule has 2 unspecified atom stereocenters. The Hall–Kier alpha value is -2.38. The Morgan fingerprint density at radius 2 is 2.24 bits per heavy atom. The minimum Gasteiger partial charge on any atom is -0.479 e. The van der Waals surface area contributed by atoms with Crippen LogP contribution in [0.3, 0.4) is 0 Å². The number of likely N-dealkylation sites (tertiary alicyclic amines) is 1. The zero-order chi connectivity index (χ0) is 15.6. The van der Waals surface area contributed by atoms with Gasteiger partial charge in [-0.3, -0.25) is 9.59 Å². The minimum absolute atomic E-state index is 0.00258. The summed E-state index contributed by atoms with van der Waals surface area (Å²) in [5, 5.41) is 11.2. The summed E-state index contributed by atoms with van der Waals surface area (Å²) in [5.41, 5.74) is -2.42. The number of alkyl halides is 1. The SMILES string of the molecule is CC(NC(=O)c1ccco1)C(=O)N1CCC(F)(C(=O)O)C1. The predicted octanol–water partition coefficient (Wildman–Crippen LogP) is 0.423. The van der Waals surface area contributed by atoms with Gasteiger partial charge in [-0.15, -0.1) is 0 Å². The number of amides is 2. The van der Waals surface area contributed by atoms with Gasteiger partial charge in [0.05, 0.1) is 12.8 Å². The molecular formula is C13H15FN2O5. The Labute approximate surface area is 119 Å². The van der Waals surface area contributed by atoms with E-state index in [2.05, 4.69) is 5.32 Å². The topological polar surface area (TPSA) is 99.9 Å². The molecule has 0 aliphatic carbocycles. The van der Waals surface area contributed by atoms with Crippen LogP contribution in [0.2, 0.25) is 0 Å². The van der Waals surface area contributed by atoms with Crippen molar-refractivity contribution < 1.29 is 28.3 Å². The van der Waals surface area contributed by atoms with Gasteiger partial charge >= 0.3 is 5.97 Å². The van der Waals surface area contributed by atoms with Gasteiger partial charge in [-0.1, -0.05) is 0 Å². The van der Waals surface area contributed by atoms with Crippen LogP contribution in [-0.4, -0.2) is 52.6 Å². The van der Waals surface area contributed by atoms with Crippen molar-refractivity contribution in [3.05, 3.63) is 24.2 Å². The van der Waals surface area contributed by atoms with Crippen molar-refractivity contribution in [1.29, 1.82) is 0 Å². The fourth-order valence-corrected chi connectivity index (χ4v) is 2.15. The molecule has 7 nitrogen and oxygen atoms in total. The fraction of sp³-hybridized carbons (Fsp3) is 0.462. The van der Waals surface area contributed by atoms with Gasteiger partial charge in [0.1, 0.15) is 6.04 Å². The number of carboxylic acid groups (broad SMARTS) is 1. The predicted molar refractivity (Wildman–Crippen MR) is 68.3 cm³/mol. The van der Waals surface area contributed by atoms with E-state index in [1.807, 2.05) is 0 Å². The lowest BCUT2D eigenvalue weighted by Crippen LogP contribution is -2.47. The summed E-state index contributed by atoms with van der Waals surface area (Å²) in [6.45, 7) is 0.937. The Bertz CT molecular complexity index is 559. The highest BCUT2D eigenvalue weighted by molar-refractivity contribution is 5.95. The van der Waals surface area contributed by atoms with Crippen LogP contribution in [0.15, 0.2) is 22.8 Å². The lowest BCUT2D eigenvalue weighted by atomic mass is 10.1. The molecule has 8 heteroatoms.